The van der Waals surface area contributed by atoms with Crippen molar-refractivity contribution < 1.29 is 14.4 Å². The van der Waals surface area contributed by atoms with E-state index >= 15 is 0 Å². The van der Waals surface area contributed by atoms with Gasteiger partial charge in [-0.1, -0.05) is 27.4 Å². The molecule has 0 aliphatic rings. The maximum Gasteiger partial charge on any atom is 0.220 e. The summed E-state index contributed by atoms with van der Waals surface area (Å²) in [5.74, 6) is -0.434. The van der Waals surface area contributed by atoms with Gasteiger partial charge in [0.1, 0.15) is 0 Å². The molecular weight excluding hydrogens is 218 g/mol. The minimum absolute atomic E-state index is 0.0175. The third kappa shape index (κ3) is 6.66. The molecule has 0 saturated carbocycles. The number of Topliss-reactive ketones (excluding diaryl/α,β-unsaturated/α-hetero) is 2. The van der Waals surface area contributed by atoms with Crippen LogP contribution >= 0.6 is 0 Å². The number of allylic oxidation sites excluding steroid dienone is 1. The molecule has 4 heteroatoms. The van der Waals surface area contributed by atoms with Gasteiger partial charge in [0.25, 0.3) is 0 Å². The molecule has 4 nitrogen and oxygen atoms in total. The molecule has 0 aromatic rings. The van der Waals surface area contributed by atoms with Gasteiger partial charge in [-0.3, -0.25) is 14.4 Å². The van der Waals surface area contributed by atoms with E-state index in [4.69, 9.17) is 0 Å². The normalized spacial score (nSPS) is 10.8. The van der Waals surface area contributed by atoms with Gasteiger partial charge in [0, 0.05) is 18.3 Å². The van der Waals surface area contributed by atoms with Crippen molar-refractivity contribution in [2.45, 2.75) is 40.5 Å². The highest BCUT2D eigenvalue weighted by Crippen LogP contribution is 2.13. The Morgan fingerprint density at radius 2 is 1.65 bits per heavy atom. The fraction of sp³-hybridized carbons (Fsp3) is 0.615. The summed E-state index contributed by atoms with van der Waals surface area (Å²) in [4.78, 5) is 34.1. The number of hydrogen-bond donors (Lipinski definition) is 1. The predicted molar refractivity (Wildman–Crippen MR) is 66.5 cm³/mol. The molecule has 0 fully saturated rings. The van der Waals surface area contributed by atoms with Gasteiger partial charge in [-0.15, -0.1) is 0 Å². The smallest absolute Gasteiger partial charge is 0.220 e. The number of amides is 1. The molecule has 1 N–H and O–H groups in total. The van der Waals surface area contributed by atoms with Gasteiger partial charge in [-0.05, 0) is 12.5 Å². The van der Waals surface area contributed by atoms with E-state index in [1.165, 1.54) is 0 Å². The fourth-order valence-corrected chi connectivity index (χ4v) is 0.973. The summed E-state index contributed by atoms with van der Waals surface area (Å²) >= 11 is 0. The molecule has 0 aliphatic carbocycles. The first kappa shape index (κ1) is 15.6. The summed E-state index contributed by atoms with van der Waals surface area (Å²) in [5.41, 5.74) is -0.00979. The average Bonchev–Trinajstić information content (AvgIpc) is 2.20. The molecule has 0 aromatic carbocycles. The first-order chi connectivity index (χ1) is 7.64. The molecule has 0 unspecified atom stereocenters. The molecule has 0 radical (unpaired) electrons. The summed E-state index contributed by atoms with van der Waals surface area (Å²) in [6.07, 6.45) is 0.244. The Morgan fingerprint density at radius 3 is 2.06 bits per heavy atom. The van der Waals surface area contributed by atoms with Crippen molar-refractivity contribution in [1.29, 1.82) is 0 Å². The Bertz CT molecular complexity index is 337. The van der Waals surface area contributed by atoms with Crippen molar-refractivity contribution in [3.05, 3.63) is 12.2 Å². The van der Waals surface area contributed by atoms with Gasteiger partial charge >= 0.3 is 0 Å². The van der Waals surface area contributed by atoms with Crippen molar-refractivity contribution in [3.63, 3.8) is 0 Å². The van der Waals surface area contributed by atoms with E-state index < -0.39 is 5.41 Å². The highest BCUT2D eigenvalue weighted by Gasteiger charge is 2.21. The Kier molecular flexibility index (Phi) is 5.79. The molecule has 0 saturated heterocycles. The molecule has 0 rings (SSSR count). The predicted octanol–water partition coefficient (Wildman–Crippen LogP) is 1.64. The number of ketones is 2. The number of carbonyl (C=O) groups excluding carboxylic acids is 3. The summed E-state index contributed by atoms with van der Waals surface area (Å²) in [5, 5.41) is 2.51. The molecule has 0 spiro atoms. The SMILES string of the molecule is C=C(C)C(=O)CCC(=O)NCC(=O)C(C)(C)C. The number of nitrogens with one attached hydrogen (secondary N) is 1. The highest BCUT2D eigenvalue weighted by molar-refractivity contribution is 5.96. The third-order valence-electron chi connectivity index (χ3n) is 2.34. The first-order valence-electron chi connectivity index (χ1n) is 5.63. The second-order valence-corrected chi connectivity index (χ2v) is 5.15. The van der Waals surface area contributed by atoms with Gasteiger partial charge in [-0.25, -0.2) is 0 Å². The fourth-order valence-electron chi connectivity index (χ4n) is 0.973. The molecular formula is C13H21NO3. The monoisotopic (exact) mass is 239 g/mol. The summed E-state index contributed by atoms with van der Waals surface area (Å²) in [7, 11) is 0. The van der Waals surface area contributed by atoms with Crippen LogP contribution in [-0.2, 0) is 14.4 Å². The molecule has 0 atom stereocenters. The summed E-state index contributed by atoms with van der Waals surface area (Å²) in [6.45, 7) is 10.5. The van der Waals surface area contributed by atoms with E-state index in [2.05, 4.69) is 11.9 Å². The Labute approximate surface area is 102 Å². The van der Waals surface area contributed by atoms with Crippen LogP contribution in [0.4, 0.5) is 0 Å². The molecule has 0 heterocycles. The van der Waals surface area contributed by atoms with Crippen LogP contribution in [0, 0.1) is 5.41 Å². The van der Waals surface area contributed by atoms with Crippen molar-refractivity contribution in [2.24, 2.45) is 5.41 Å². The van der Waals surface area contributed by atoms with Crippen LogP contribution in [0.3, 0.4) is 0 Å². The summed E-state index contributed by atoms with van der Waals surface area (Å²) in [6, 6.07) is 0. The first-order valence-corrected chi connectivity index (χ1v) is 5.63. The van der Waals surface area contributed by atoms with Crippen LogP contribution in [-0.4, -0.2) is 24.0 Å². The van der Waals surface area contributed by atoms with Crippen LogP contribution in [0.5, 0.6) is 0 Å². The number of rotatable bonds is 6. The van der Waals surface area contributed by atoms with Crippen molar-refractivity contribution >= 4 is 17.5 Å². The lowest BCUT2D eigenvalue weighted by Gasteiger charge is -2.16. The van der Waals surface area contributed by atoms with Crippen molar-refractivity contribution in [3.8, 4) is 0 Å². The molecule has 17 heavy (non-hydrogen) atoms. The molecule has 96 valence electrons. The van der Waals surface area contributed by atoms with E-state index in [0.29, 0.717) is 5.57 Å². The molecule has 0 aromatic heterocycles. The van der Waals surface area contributed by atoms with Crippen molar-refractivity contribution in [2.75, 3.05) is 6.54 Å². The third-order valence-corrected chi connectivity index (χ3v) is 2.34. The Hall–Kier alpha value is -1.45. The minimum Gasteiger partial charge on any atom is -0.349 e. The maximum atomic E-state index is 11.5. The lowest BCUT2D eigenvalue weighted by molar-refractivity contribution is -0.129. The lowest BCUT2D eigenvalue weighted by atomic mass is 9.91. The topological polar surface area (TPSA) is 63.2 Å². The second-order valence-electron chi connectivity index (χ2n) is 5.15. The van der Waals surface area contributed by atoms with E-state index in [0.717, 1.165) is 0 Å². The van der Waals surface area contributed by atoms with E-state index in [1.807, 2.05) is 0 Å². The zero-order chi connectivity index (χ0) is 13.6. The average molecular weight is 239 g/mol. The minimum atomic E-state index is -0.458. The van der Waals surface area contributed by atoms with E-state index in [1.54, 1.807) is 27.7 Å². The molecule has 0 aliphatic heterocycles. The van der Waals surface area contributed by atoms with Crippen LogP contribution in [0.25, 0.3) is 0 Å². The Morgan fingerprint density at radius 1 is 1.12 bits per heavy atom. The standard InChI is InChI=1S/C13H21NO3/c1-9(2)10(15)6-7-12(17)14-8-11(16)13(3,4)5/h1,6-8H2,2-5H3,(H,14,17). The lowest BCUT2D eigenvalue weighted by Crippen LogP contribution is -2.35. The van der Waals surface area contributed by atoms with Crippen LogP contribution in [0.15, 0.2) is 12.2 Å². The highest BCUT2D eigenvalue weighted by atomic mass is 16.2. The van der Waals surface area contributed by atoms with Gasteiger partial charge in [0.05, 0.1) is 6.54 Å². The summed E-state index contributed by atoms with van der Waals surface area (Å²) < 4.78 is 0. The van der Waals surface area contributed by atoms with Gasteiger partial charge in [0.15, 0.2) is 11.6 Å². The largest absolute Gasteiger partial charge is 0.349 e. The number of hydrogen-bond acceptors (Lipinski definition) is 3. The van der Waals surface area contributed by atoms with Gasteiger partial charge in [-0.2, -0.15) is 0 Å². The van der Waals surface area contributed by atoms with Crippen LogP contribution in [0.2, 0.25) is 0 Å². The Balaban J connectivity index is 3.94. The second kappa shape index (κ2) is 6.33. The van der Waals surface area contributed by atoms with Gasteiger partial charge in [0.2, 0.25) is 5.91 Å². The quantitative estimate of drug-likeness (QED) is 0.717. The molecule has 1 amide bonds. The van der Waals surface area contributed by atoms with Crippen LogP contribution < -0.4 is 5.32 Å². The van der Waals surface area contributed by atoms with Crippen LogP contribution in [0.1, 0.15) is 40.5 Å². The van der Waals surface area contributed by atoms with E-state index in [9.17, 15) is 14.4 Å². The van der Waals surface area contributed by atoms with E-state index in [-0.39, 0.29) is 36.9 Å². The van der Waals surface area contributed by atoms with Crippen molar-refractivity contribution in [1.82, 2.24) is 5.32 Å². The number of carbonyl (C=O) groups is 3. The van der Waals surface area contributed by atoms with Gasteiger partial charge < -0.3 is 5.32 Å². The maximum absolute atomic E-state index is 11.5. The molecule has 0 bridgehead atoms. The zero-order valence-corrected chi connectivity index (χ0v) is 11.1. The zero-order valence-electron chi connectivity index (χ0n) is 11.1.